The van der Waals surface area contributed by atoms with E-state index in [9.17, 15) is 22.0 Å². The van der Waals surface area contributed by atoms with E-state index in [1.54, 1.807) is 6.07 Å². The fraction of sp³-hybridized carbons (Fsp3) is 0.400. The molecular weight excluding hydrogens is 437 g/mol. The SMILES string of the molecule is FC(F)OC1CN(C2COc3ccccc3C2Nc2ncnc3[nH]c(C(F)(F)F)cc23)C1. The van der Waals surface area contributed by atoms with E-state index in [1.165, 1.54) is 6.33 Å². The average molecular weight is 455 g/mol. The molecule has 2 aromatic heterocycles. The van der Waals surface area contributed by atoms with E-state index >= 15 is 0 Å². The van der Waals surface area contributed by atoms with Crippen molar-refractivity contribution in [1.29, 1.82) is 0 Å². The van der Waals surface area contributed by atoms with Gasteiger partial charge in [-0.2, -0.15) is 22.0 Å². The molecule has 12 heteroatoms. The van der Waals surface area contributed by atoms with Crippen LogP contribution in [0.4, 0.5) is 27.8 Å². The number of anilines is 1. The Balaban J connectivity index is 1.46. The number of para-hydroxylation sites is 1. The summed E-state index contributed by atoms with van der Waals surface area (Å²) in [7, 11) is 0. The summed E-state index contributed by atoms with van der Waals surface area (Å²) < 4.78 is 74.9. The van der Waals surface area contributed by atoms with Crippen molar-refractivity contribution in [3.63, 3.8) is 0 Å². The number of rotatable bonds is 5. The Morgan fingerprint density at radius 3 is 2.72 bits per heavy atom. The van der Waals surface area contributed by atoms with Crippen LogP contribution in [-0.2, 0) is 10.9 Å². The Morgan fingerprint density at radius 1 is 1.19 bits per heavy atom. The third-order valence-corrected chi connectivity index (χ3v) is 5.71. The number of aromatic nitrogens is 3. The van der Waals surface area contributed by atoms with Gasteiger partial charge in [-0.1, -0.05) is 18.2 Å². The number of alkyl halides is 5. The first kappa shape index (κ1) is 20.9. The molecule has 1 fully saturated rings. The van der Waals surface area contributed by atoms with Gasteiger partial charge in [0.25, 0.3) is 0 Å². The van der Waals surface area contributed by atoms with Crippen molar-refractivity contribution in [2.24, 2.45) is 0 Å². The molecule has 7 nitrogen and oxygen atoms in total. The molecule has 1 saturated heterocycles. The molecule has 2 atom stereocenters. The first-order valence-corrected chi connectivity index (χ1v) is 9.86. The standard InChI is InChI=1S/C20H18F5N5O2/c21-19(22)32-10-6-30(7-10)13-8-31-14-4-2-1-3-11(14)16(13)29-18-12-5-15(20(23,24)25)28-17(12)26-9-27-18/h1-5,9-10,13,16,19H,6-8H2,(H2,26,27,28,29). The molecule has 170 valence electrons. The fourth-order valence-electron chi connectivity index (χ4n) is 4.16. The van der Waals surface area contributed by atoms with Crippen LogP contribution >= 0.6 is 0 Å². The molecule has 0 amide bonds. The number of ether oxygens (including phenoxy) is 2. The van der Waals surface area contributed by atoms with Crippen molar-refractivity contribution >= 4 is 16.9 Å². The van der Waals surface area contributed by atoms with E-state index in [1.807, 2.05) is 23.1 Å². The summed E-state index contributed by atoms with van der Waals surface area (Å²) in [5.74, 6) is 0.867. The monoisotopic (exact) mass is 455 g/mol. The number of nitrogens with one attached hydrogen (secondary N) is 2. The fourth-order valence-corrected chi connectivity index (χ4v) is 4.16. The van der Waals surface area contributed by atoms with Crippen molar-refractivity contribution in [3.05, 3.63) is 47.9 Å². The van der Waals surface area contributed by atoms with Gasteiger partial charge in [0.2, 0.25) is 0 Å². The molecule has 2 aliphatic rings. The molecule has 2 aliphatic heterocycles. The summed E-state index contributed by atoms with van der Waals surface area (Å²) in [6.07, 6.45) is -3.96. The van der Waals surface area contributed by atoms with E-state index in [2.05, 4.69) is 25.0 Å². The van der Waals surface area contributed by atoms with Crippen molar-refractivity contribution in [2.75, 3.05) is 25.0 Å². The summed E-state index contributed by atoms with van der Waals surface area (Å²) in [4.78, 5) is 12.3. The van der Waals surface area contributed by atoms with E-state index in [0.717, 1.165) is 11.6 Å². The lowest BCUT2D eigenvalue weighted by Crippen LogP contribution is -2.61. The smallest absolute Gasteiger partial charge is 0.431 e. The van der Waals surface area contributed by atoms with Crippen LogP contribution in [0.5, 0.6) is 5.75 Å². The minimum absolute atomic E-state index is 0.0565. The Bertz CT molecular complexity index is 1120. The topological polar surface area (TPSA) is 75.3 Å². The van der Waals surface area contributed by atoms with Gasteiger partial charge in [0.1, 0.15) is 35.8 Å². The number of H-pyrrole nitrogens is 1. The van der Waals surface area contributed by atoms with Gasteiger partial charge >= 0.3 is 12.8 Å². The van der Waals surface area contributed by atoms with Gasteiger partial charge in [-0.25, -0.2) is 9.97 Å². The number of likely N-dealkylation sites (tertiary alicyclic amines) is 1. The largest absolute Gasteiger partial charge is 0.491 e. The highest BCUT2D eigenvalue weighted by atomic mass is 19.4. The van der Waals surface area contributed by atoms with Crippen LogP contribution in [0.15, 0.2) is 36.7 Å². The van der Waals surface area contributed by atoms with Crippen LogP contribution in [0, 0.1) is 0 Å². The van der Waals surface area contributed by atoms with Gasteiger partial charge < -0.3 is 19.8 Å². The second-order valence-electron chi connectivity index (χ2n) is 7.68. The second-order valence-corrected chi connectivity index (χ2v) is 7.68. The highest BCUT2D eigenvalue weighted by Crippen LogP contribution is 2.39. The van der Waals surface area contributed by atoms with Crippen molar-refractivity contribution < 1.29 is 31.4 Å². The van der Waals surface area contributed by atoms with Gasteiger partial charge in [0.15, 0.2) is 0 Å². The third-order valence-electron chi connectivity index (χ3n) is 5.71. The molecule has 0 saturated carbocycles. The normalized spacial score (nSPS) is 21.9. The Kier molecular flexibility index (Phi) is 5.13. The number of fused-ring (bicyclic) bond motifs is 2. The number of halogens is 5. The van der Waals surface area contributed by atoms with Crippen molar-refractivity contribution in [3.8, 4) is 5.75 Å². The zero-order chi connectivity index (χ0) is 22.5. The van der Waals surface area contributed by atoms with Crippen LogP contribution in [0.3, 0.4) is 0 Å². The Hall–Kier alpha value is -2.99. The van der Waals surface area contributed by atoms with Crippen LogP contribution in [0.1, 0.15) is 17.3 Å². The number of benzene rings is 1. The van der Waals surface area contributed by atoms with Crippen LogP contribution < -0.4 is 10.1 Å². The molecule has 1 aromatic carbocycles. The number of hydrogen-bond donors (Lipinski definition) is 2. The first-order chi connectivity index (χ1) is 15.3. The maximum absolute atomic E-state index is 13.2. The zero-order valence-electron chi connectivity index (χ0n) is 16.4. The first-order valence-electron chi connectivity index (χ1n) is 9.86. The zero-order valence-corrected chi connectivity index (χ0v) is 16.4. The molecule has 2 unspecified atom stereocenters. The van der Waals surface area contributed by atoms with Crippen LogP contribution in [0.25, 0.3) is 11.0 Å². The molecule has 0 radical (unpaired) electrons. The highest BCUT2D eigenvalue weighted by Gasteiger charge is 2.42. The van der Waals surface area contributed by atoms with E-state index in [4.69, 9.17) is 4.74 Å². The van der Waals surface area contributed by atoms with Gasteiger partial charge in [0, 0.05) is 18.7 Å². The van der Waals surface area contributed by atoms with Crippen molar-refractivity contribution in [1.82, 2.24) is 19.9 Å². The molecule has 0 aliphatic carbocycles. The Morgan fingerprint density at radius 2 is 1.97 bits per heavy atom. The quantitative estimate of drug-likeness (QED) is 0.570. The van der Waals surface area contributed by atoms with E-state index in [0.29, 0.717) is 18.8 Å². The molecule has 5 rings (SSSR count). The van der Waals surface area contributed by atoms with Gasteiger partial charge in [-0.3, -0.25) is 4.90 Å². The maximum Gasteiger partial charge on any atom is 0.431 e. The number of aromatic amines is 1. The minimum atomic E-state index is -4.55. The summed E-state index contributed by atoms with van der Waals surface area (Å²) in [5, 5.41) is 3.45. The Labute approximate surface area is 178 Å². The summed E-state index contributed by atoms with van der Waals surface area (Å²) in [6, 6.07) is 7.58. The third kappa shape index (κ3) is 3.84. The molecule has 4 heterocycles. The second kappa shape index (κ2) is 7.85. The lowest BCUT2D eigenvalue weighted by atomic mass is 9.92. The van der Waals surface area contributed by atoms with E-state index < -0.39 is 30.6 Å². The molecular formula is C20H18F5N5O2. The summed E-state index contributed by atoms with van der Waals surface area (Å²) in [5.41, 5.74) is -0.0731. The number of hydrogen-bond acceptors (Lipinski definition) is 6. The lowest BCUT2D eigenvalue weighted by molar-refractivity contribution is -0.203. The molecule has 32 heavy (non-hydrogen) atoms. The van der Waals surface area contributed by atoms with Crippen molar-refractivity contribution in [2.45, 2.75) is 31.0 Å². The molecule has 0 bridgehead atoms. The summed E-state index contributed by atoms with van der Waals surface area (Å²) in [6.45, 7) is -1.99. The van der Waals surface area contributed by atoms with Gasteiger partial charge in [0.05, 0.1) is 23.6 Å². The van der Waals surface area contributed by atoms with E-state index in [-0.39, 0.29) is 29.5 Å². The average Bonchev–Trinajstić information content (AvgIpc) is 3.17. The van der Waals surface area contributed by atoms with Gasteiger partial charge in [-0.05, 0) is 12.1 Å². The maximum atomic E-state index is 13.2. The van der Waals surface area contributed by atoms with Gasteiger partial charge in [-0.15, -0.1) is 0 Å². The molecule has 3 aromatic rings. The lowest BCUT2D eigenvalue weighted by Gasteiger charge is -2.48. The summed E-state index contributed by atoms with van der Waals surface area (Å²) >= 11 is 0. The predicted molar refractivity (Wildman–Crippen MR) is 103 cm³/mol. The molecule has 0 spiro atoms. The van der Waals surface area contributed by atoms with Crippen LogP contribution in [-0.4, -0.2) is 58.3 Å². The molecule has 2 N–H and O–H groups in total. The minimum Gasteiger partial charge on any atom is -0.491 e. The predicted octanol–water partition coefficient (Wildman–Crippen LogP) is 3.81. The highest BCUT2D eigenvalue weighted by molar-refractivity contribution is 5.88. The number of nitrogens with zero attached hydrogens (tertiary/aromatic N) is 3. The van der Waals surface area contributed by atoms with Crippen LogP contribution in [0.2, 0.25) is 0 Å².